The van der Waals surface area contributed by atoms with Gasteiger partial charge in [-0.25, -0.2) is 0 Å². The Morgan fingerprint density at radius 2 is 1.80 bits per heavy atom. The molecule has 0 radical (unpaired) electrons. The fraction of sp³-hybridized carbons (Fsp3) is 0.250. The van der Waals surface area contributed by atoms with Crippen LogP contribution in [0.1, 0.15) is 23.7 Å². The van der Waals surface area contributed by atoms with Gasteiger partial charge in [0.05, 0.1) is 0 Å². The molecule has 1 aromatic heterocycles. The number of hydrogen-bond acceptors (Lipinski definition) is 3. The maximum Gasteiger partial charge on any atom is 0.258 e. The third-order valence-electron chi connectivity index (χ3n) is 3.07. The minimum Gasteiger partial charge on any atom is -0.385 e. The van der Waals surface area contributed by atoms with E-state index in [1.54, 1.807) is 24.3 Å². The van der Waals surface area contributed by atoms with Crippen molar-refractivity contribution in [1.82, 2.24) is 4.98 Å². The lowest BCUT2D eigenvalue weighted by molar-refractivity contribution is 0.0993. The van der Waals surface area contributed by atoms with Crippen LogP contribution < -0.4 is 10.2 Å². The summed E-state index contributed by atoms with van der Waals surface area (Å²) in [4.78, 5) is 17.9. The Morgan fingerprint density at radius 3 is 2.40 bits per heavy atom. The van der Waals surface area contributed by atoms with E-state index in [4.69, 9.17) is 0 Å². The van der Waals surface area contributed by atoms with Crippen LogP contribution in [0.5, 0.6) is 0 Å². The predicted molar refractivity (Wildman–Crippen MR) is 82.2 cm³/mol. The quantitative estimate of drug-likeness (QED) is 0.906. The average Bonchev–Trinajstić information content (AvgIpc) is 2.53. The first-order valence-corrected chi connectivity index (χ1v) is 6.74. The van der Waals surface area contributed by atoms with E-state index in [0.717, 1.165) is 24.3 Å². The van der Waals surface area contributed by atoms with Gasteiger partial charge in [-0.1, -0.05) is 6.92 Å². The monoisotopic (exact) mass is 269 g/mol. The summed E-state index contributed by atoms with van der Waals surface area (Å²) in [5.41, 5.74) is 2.54. The van der Waals surface area contributed by atoms with E-state index in [2.05, 4.69) is 17.2 Å². The Labute approximate surface area is 119 Å². The summed E-state index contributed by atoms with van der Waals surface area (Å²) in [5, 5.41) is 3.29. The van der Waals surface area contributed by atoms with Crippen molar-refractivity contribution in [3.63, 3.8) is 0 Å². The van der Waals surface area contributed by atoms with Gasteiger partial charge in [-0.05, 0) is 42.8 Å². The van der Waals surface area contributed by atoms with Gasteiger partial charge in [-0.15, -0.1) is 0 Å². The Hall–Kier alpha value is -2.36. The highest BCUT2D eigenvalue weighted by Gasteiger charge is 2.12. The van der Waals surface area contributed by atoms with Crippen molar-refractivity contribution in [3.05, 3.63) is 54.4 Å². The largest absolute Gasteiger partial charge is 0.385 e. The van der Waals surface area contributed by atoms with E-state index in [9.17, 15) is 4.79 Å². The van der Waals surface area contributed by atoms with Gasteiger partial charge in [0, 0.05) is 42.9 Å². The molecule has 1 heterocycles. The standard InChI is InChI=1S/C16H19N3O/c1-3-10-18-14-6-4-13(5-7-14)16(20)19(2)15-8-11-17-12-9-15/h4-9,11-12,18H,3,10H2,1-2H3. The number of carbonyl (C=O) groups excluding carboxylic acids is 1. The molecule has 1 N–H and O–H groups in total. The molecule has 2 rings (SSSR count). The van der Waals surface area contributed by atoms with E-state index in [-0.39, 0.29) is 5.91 Å². The van der Waals surface area contributed by atoms with Gasteiger partial charge in [-0.3, -0.25) is 9.78 Å². The maximum absolute atomic E-state index is 12.4. The highest BCUT2D eigenvalue weighted by molar-refractivity contribution is 6.05. The number of rotatable bonds is 5. The number of aromatic nitrogens is 1. The zero-order chi connectivity index (χ0) is 14.4. The molecule has 0 aliphatic rings. The lowest BCUT2D eigenvalue weighted by Crippen LogP contribution is -2.26. The van der Waals surface area contributed by atoms with Gasteiger partial charge < -0.3 is 10.2 Å². The summed E-state index contributed by atoms with van der Waals surface area (Å²) in [6, 6.07) is 11.2. The summed E-state index contributed by atoms with van der Waals surface area (Å²) < 4.78 is 0. The summed E-state index contributed by atoms with van der Waals surface area (Å²) >= 11 is 0. The molecule has 0 spiro atoms. The van der Waals surface area contributed by atoms with Crippen molar-refractivity contribution in [2.75, 3.05) is 23.8 Å². The van der Waals surface area contributed by atoms with Gasteiger partial charge in [0.1, 0.15) is 0 Å². The molecular weight excluding hydrogens is 250 g/mol. The molecule has 0 aliphatic heterocycles. The van der Waals surface area contributed by atoms with Crippen molar-refractivity contribution >= 4 is 17.3 Å². The van der Waals surface area contributed by atoms with E-state index >= 15 is 0 Å². The fourth-order valence-electron chi connectivity index (χ4n) is 1.88. The fourth-order valence-corrected chi connectivity index (χ4v) is 1.88. The Morgan fingerprint density at radius 1 is 1.15 bits per heavy atom. The molecule has 0 unspecified atom stereocenters. The van der Waals surface area contributed by atoms with Crippen LogP contribution >= 0.6 is 0 Å². The predicted octanol–water partition coefficient (Wildman–Crippen LogP) is 3.18. The van der Waals surface area contributed by atoms with Gasteiger partial charge in [0.25, 0.3) is 5.91 Å². The second kappa shape index (κ2) is 6.70. The topological polar surface area (TPSA) is 45.2 Å². The molecule has 0 saturated heterocycles. The van der Waals surface area contributed by atoms with Crippen LogP contribution in [0.15, 0.2) is 48.8 Å². The van der Waals surface area contributed by atoms with Crippen LogP contribution in [0, 0.1) is 0 Å². The van der Waals surface area contributed by atoms with E-state index in [1.807, 2.05) is 36.4 Å². The van der Waals surface area contributed by atoms with E-state index in [0.29, 0.717) is 5.56 Å². The zero-order valence-corrected chi connectivity index (χ0v) is 11.8. The van der Waals surface area contributed by atoms with Crippen molar-refractivity contribution in [1.29, 1.82) is 0 Å². The molecular formula is C16H19N3O. The molecule has 4 heteroatoms. The van der Waals surface area contributed by atoms with Gasteiger partial charge in [0.2, 0.25) is 0 Å². The molecule has 2 aromatic rings. The summed E-state index contributed by atoms with van der Waals surface area (Å²) in [5.74, 6) is -0.0294. The van der Waals surface area contributed by atoms with E-state index in [1.165, 1.54) is 0 Å². The molecule has 0 aliphatic carbocycles. The summed E-state index contributed by atoms with van der Waals surface area (Å²) in [6.45, 7) is 3.05. The van der Waals surface area contributed by atoms with Gasteiger partial charge in [0.15, 0.2) is 0 Å². The second-order valence-electron chi connectivity index (χ2n) is 4.57. The lowest BCUT2D eigenvalue weighted by atomic mass is 10.1. The third kappa shape index (κ3) is 3.35. The first-order chi connectivity index (χ1) is 9.72. The molecule has 0 fully saturated rings. The average molecular weight is 269 g/mol. The molecule has 0 saturated carbocycles. The van der Waals surface area contributed by atoms with Crippen LogP contribution in [-0.4, -0.2) is 24.5 Å². The van der Waals surface area contributed by atoms with Gasteiger partial charge in [-0.2, -0.15) is 0 Å². The zero-order valence-electron chi connectivity index (χ0n) is 11.8. The summed E-state index contributed by atoms with van der Waals surface area (Å²) in [7, 11) is 1.76. The molecule has 1 aromatic carbocycles. The number of anilines is 2. The molecule has 0 bridgehead atoms. The Kier molecular flexibility index (Phi) is 4.71. The third-order valence-corrected chi connectivity index (χ3v) is 3.07. The lowest BCUT2D eigenvalue weighted by Gasteiger charge is -2.17. The van der Waals surface area contributed by atoms with Crippen molar-refractivity contribution in [3.8, 4) is 0 Å². The summed E-state index contributed by atoms with van der Waals surface area (Å²) in [6.07, 6.45) is 4.43. The van der Waals surface area contributed by atoms with Crippen molar-refractivity contribution < 1.29 is 4.79 Å². The number of hydrogen-bond donors (Lipinski definition) is 1. The number of benzene rings is 1. The molecule has 104 valence electrons. The molecule has 1 amide bonds. The number of nitrogens with zero attached hydrogens (tertiary/aromatic N) is 2. The SMILES string of the molecule is CCCNc1ccc(C(=O)N(C)c2ccncc2)cc1. The Balaban J connectivity index is 2.09. The number of nitrogens with one attached hydrogen (secondary N) is 1. The van der Waals surface area contributed by atoms with Crippen LogP contribution in [0.4, 0.5) is 11.4 Å². The minimum atomic E-state index is -0.0294. The van der Waals surface area contributed by atoms with Crippen LogP contribution in [0.2, 0.25) is 0 Å². The van der Waals surface area contributed by atoms with Crippen LogP contribution in [-0.2, 0) is 0 Å². The van der Waals surface area contributed by atoms with Crippen LogP contribution in [0.3, 0.4) is 0 Å². The second-order valence-corrected chi connectivity index (χ2v) is 4.57. The van der Waals surface area contributed by atoms with Gasteiger partial charge >= 0.3 is 0 Å². The van der Waals surface area contributed by atoms with E-state index < -0.39 is 0 Å². The maximum atomic E-state index is 12.4. The Bertz CT molecular complexity index is 552. The van der Waals surface area contributed by atoms with Crippen molar-refractivity contribution in [2.45, 2.75) is 13.3 Å². The molecule has 20 heavy (non-hydrogen) atoms. The normalized spacial score (nSPS) is 10.1. The smallest absolute Gasteiger partial charge is 0.258 e. The first-order valence-electron chi connectivity index (χ1n) is 6.74. The minimum absolute atomic E-state index is 0.0294. The van der Waals surface area contributed by atoms with Crippen molar-refractivity contribution in [2.24, 2.45) is 0 Å². The number of carbonyl (C=O) groups is 1. The highest BCUT2D eigenvalue weighted by atomic mass is 16.2. The number of amides is 1. The highest BCUT2D eigenvalue weighted by Crippen LogP contribution is 2.16. The first kappa shape index (κ1) is 14.1. The molecule has 0 atom stereocenters. The number of pyridine rings is 1. The molecule has 4 nitrogen and oxygen atoms in total. The van der Waals surface area contributed by atoms with Crippen LogP contribution in [0.25, 0.3) is 0 Å².